The fourth-order valence-corrected chi connectivity index (χ4v) is 9.29. The molecule has 4 atom stereocenters. The van der Waals surface area contributed by atoms with Gasteiger partial charge in [0.15, 0.2) is 23.1 Å². The second-order valence-corrected chi connectivity index (χ2v) is 19.9. The fraction of sp³-hybridized carbons (Fsp3) is 0.467. The predicted octanol–water partition coefficient (Wildman–Crippen LogP) is 3.51. The average molecular weight is 1120 g/mol. The molecule has 0 aliphatic rings. The first-order valence-electron chi connectivity index (χ1n) is 27.5. The van der Waals surface area contributed by atoms with Gasteiger partial charge in [0, 0.05) is 25.7 Å². The summed E-state index contributed by atoms with van der Waals surface area (Å²) in [6, 6.07) is 15.2. The summed E-state index contributed by atoms with van der Waals surface area (Å²) in [6.07, 6.45) is 5.47. The van der Waals surface area contributed by atoms with E-state index in [-0.39, 0.29) is 113 Å². The number of nitrogens with one attached hydrogen (secondary N) is 3. The van der Waals surface area contributed by atoms with Crippen LogP contribution in [0.3, 0.4) is 0 Å². The summed E-state index contributed by atoms with van der Waals surface area (Å²) in [5, 5.41) is 8.61. The van der Waals surface area contributed by atoms with Gasteiger partial charge < -0.3 is 69.3 Å². The Morgan fingerprint density at radius 2 is 0.642 bits per heavy atom. The third kappa shape index (κ3) is 20.5. The molecule has 0 saturated carbocycles. The van der Waals surface area contributed by atoms with Gasteiger partial charge >= 0.3 is 0 Å². The maximum atomic E-state index is 14.3. The minimum atomic E-state index is -1.02. The zero-order valence-corrected chi connectivity index (χ0v) is 47.2. The maximum absolute atomic E-state index is 14.3. The lowest BCUT2D eigenvalue weighted by atomic mass is 9.95. The van der Waals surface area contributed by atoms with Crippen molar-refractivity contribution in [3.05, 3.63) is 117 Å². The Morgan fingerprint density at radius 3 is 0.914 bits per heavy atom. The van der Waals surface area contributed by atoms with Crippen LogP contribution >= 0.6 is 0 Å². The number of amides is 4. The number of hydrogen-bond acceptors (Lipinski definition) is 17. The van der Waals surface area contributed by atoms with Crippen LogP contribution in [0.15, 0.2) is 72.8 Å². The molecule has 0 aliphatic heterocycles. The number of carbonyl (C=O) groups is 8. The highest BCUT2D eigenvalue weighted by Crippen LogP contribution is 2.26. The molecule has 4 aromatic carbocycles. The number of primary amides is 1. The monoisotopic (exact) mass is 1120 g/mol. The largest absolute Gasteiger partial charge is 0.496 e. The third-order valence-corrected chi connectivity index (χ3v) is 13.9. The predicted molar refractivity (Wildman–Crippen MR) is 309 cm³/mol. The number of hydrogen-bond donors (Lipinski definition) is 9. The molecule has 0 radical (unpaired) electrons. The van der Waals surface area contributed by atoms with Crippen LogP contribution in [0.4, 0.5) is 0 Å². The van der Waals surface area contributed by atoms with Gasteiger partial charge in [-0.25, -0.2) is 0 Å². The third-order valence-electron chi connectivity index (χ3n) is 13.9. The highest BCUT2D eigenvalue weighted by Gasteiger charge is 2.29. The van der Waals surface area contributed by atoms with E-state index in [1.807, 2.05) is 0 Å². The van der Waals surface area contributed by atoms with Crippen molar-refractivity contribution in [1.29, 1.82) is 0 Å². The highest BCUT2D eigenvalue weighted by atomic mass is 16.5. The fourth-order valence-electron chi connectivity index (χ4n) is 9.29. The molecule has 0 aliphatic carbocycles. The lowest BCUT2D eigenvalue weighted by molar-refractivity contribution is -0.121. The molecule has 15 N–H and O–H groups in total. The van der Waals surface area contributed by atoms with Crippen molar-refractivity contribution in [2.75, 3.05) is 54.6 Å². The molecule has 81 heavy (non-hydrogen) atoms. The molecule has 440 valence electrons. The molecule has 21 nitrogen and oxygen atoms in total. The molecule has 0 unspecified atom stereocenters. The SMILES string of the molecule is COc1ccc(CC(=O)[C@H](CCCCN)NC(=O)c2cc(CC(=O)[C@H](CCCCN)NC(=O)c3cc(CC(=O)[C@H](CCCCN)NC(=O)c4cc(CC(=O)[C@@H](N)CCCCN)ccc4OC)ccc3OC)ccc2OC)cc1C(N)=O. The number of benzene rings is 4. The minimum absolute atomic E-state index is 0.00612. The van der Waals surface area contributed by atoms with E-state index in [4.69, 9.17) is 53.3 Å². The Labute approximate surface area is 474 Å². The zero-order chi connectivity index (χ0) is 59.4. The number of nitrogens with two attached hydrogens (primary N) is 6. The zero-order valence-electron chi connectivity index (χ0n) is 47.2. The van der Waals surface area contributed by atoms with Gasteiger partial charge in [0.2, 0.25) is 0 Å². The molecule has 4 aromatic rings. The Kier molecular flexibility index (Phi) is 28.1. The van der Waals surface area contributed by atoms with E-state index >= 15 is 0 Å². The molecule has 4 amide bonds. The van der Waals surface area contributed by atoms with Crippen molar-refractivity contribution in [2.24, 2.45) is 34.4 Å². The van der Waals surface area contributed by atoms with Crippen molar-refractivity contribution < 1.29 is 57.3 Å². The van der Waals surface area contributed by atoms with Crippen LogP contribution in [-0.2, 0) is 44.9 Å². The molecule has 0 spiro atoms. The number of methoxy groups -OCH3 is 4. The number of rotatable bonds is 39. The molecule has 0 bridgehead atoms. The molecule has 0 fully saturated rings. The summed E-state index contributed by atoms with van der Waals surface area (Å²) in [5.41, 5.74) is 37.0. The number of Topliss-reactive ketones (excluding diaryl/α,β-unsaturated/α-hetero) is 4. The van der Waals surface area contributed by atoms with E-state index < -0.39 is 47.8 Å². The van der Waals surface area contributed by atoms with Gasteiger partial charge in [-0.3, -0.25) is 38.4 Å². The Bertz CT molecular complexity index is 2790. The second kappa shape index (κ2) is 34.6. The smallest absolute Gasteiger partial charge is 0.255 e. The Hall–Kier alpha value is -7.56. The van der Waals surface area contributed by atoms with Gasteiger partial charge in [0.05, 0.1) is 74.9 Å². The van der Waals surface area contributed by atoms with E-state index in [0.717, 1.165) is 6.42 Å². The first-order valence-corrected chi connectivity index (χ1v) is 27.5. The Balaban J connectivity index is 1.55. The van der Waals surface area contributed by atoms with Gasteiger partial charge in [-0.1, -0.05) is 30.7 Å². The number of ether oxygens (including phenoxy) is 4. The maximum Gasteiger partial charge on any atom is 0.255 e. The first kappa shape index (κ1) is 66.0. The van der Waals surface area contributed by atoms with Crippen LogP contribution in [0, 0.1) is 0 Å². The van der Waals surface area contributed by atoms with Gasteiger partial charge in [0.25, 0.3) is 23.6 Å². The van der Waals surface area contributed by atoms with Crippen LogP contribution in [0.5, 0.6) is 23.0 Å². The Morgan fingerprint density at radius 1 is 0.383 bits per heavy atom. The van der Waals surface area contributed by atoms with E-state index in [2.05, 4.69) is 16.0 Å². The summed E-state index contributed by atoms with van der Waals surface area (Å²) < 4.78 is 21.9. The standard InChI is InChI=1S/C60H83N9O12/c1-78-53-21-17-37(29-41(53)57(66)74)34-50(71)46(14-6-10-26-62)67-59(76)43-31-39(19-23-55(43)80-3)36-52(73)48(16-8-12-28-64)69-60(77)44-32-40(20-24-56(44)81-4)35-51(72)47(15-7-11-27-63)68-58(75)42-30-38(18-22-54(42)79-2)33-49(70)45(65)13-5-9-25-61/h17-24,29-32,45-48H,5-16,25-28,33-36,61-65H2,1-4H3,(H2,66,74)(H,67,76)(H,68,75)(H,69,77)/t45-,46-,47-,48-/m0/s1. The highest BCUT2D eigenvalue weighted by molar-refractivity contribution is 6.03. The van der Waals surface area contributed by atoms with Crippen LogP contribution in [-0.4, -0.2) is 126 Å². The summed E-state index contributed by atoms with van der Waals surface area (Å²) in [5.74, 6) is -2.98. The van der Waals surface area contributed by atoms with Gasteiger partial charge in [0.1, 0.15) is 23.0 Å². The summed E-state index contributed by atoms with van der Waals surface area (Å²) >= 11 is 0. The van der Waals surface area contributed by atoms with Crippen molar-refractivity contribution in [3.8, 4) is 23.0 Å². The summed E-state index contributed by atoms with van der Waals surface area (Å²) in [4.78, 5) is 110. The van der Waals surface area contributed by atoms with E-state index in [9.17, 15) is 38.4 Å². The van der Waals surface area contributed by atoms with Gasteiger partial charge in [-0.05, 0) is 168 Å². The average Bonchev–Trinajstić information content (AvgIpc) is 3.48. The van der Waals surface area contributed by atoms with Crippen LogP contribution in [0.1, 0.15) is 141 Å². The van der Waals surface area contributed by atoms with Crippen molar-refractivity contribution in [3.63, 3.8) is 0 Å². The van der Waals surface area contributed by atoms with E-state index in [1.165, 1.54) is 46.6 Å². The lowest BCUT2D eigenvalue weighted by Crippen LogP contribution is -2.42. The molecular formula is C60H83N9O12. The first-order chi connectivity index (χ1) is 38.9. The molecule has 0 aromatic heterocycles. The molecule has 0 heterocycles. The molecule has 21 heteroatoms. The van der Waals surface area contributed by atoms with Crippen LogP contribution < -0.4 is 69.3 Å². The van der Waals surface area contributed by atoms with Gasteiger partial charge in [-0.15, -0.1) is 0 Å². The van der Waals surface area contributed by atoms with Crippen molar-refractivity contribution in [2.45, 2.75) is 127 Å². The van der Waals surface area contributed by atoms with Crippen LogP contribution in [0.2, 0.25) is 0 Å². The van der Waals surface area contributed by atoms with Crippen LogP contribution in [0.25, 0.3) is 0 Å². The van der Waals surface area contributed by atoms with E-state index in [0.29, 0.717) is 99.8 Å². The molecule has 0 saturated heterocycles. The minimum Gasteiger partial charge on any atom is -0.496 e. The van der Waals surface area contributed by atoms with E-state index in [1.54, 1.807) is 54.6 Å². The van der Waals surface area contributed by atoms with Crippen molar-refractivity contribution in [1.82, 2.24) is 16.0 Å². The lowest BCUT2D eigenvalue weighted by Gasteiger charge is -2.21. The van der Waals surface area contributed by atoms with Gasteiger partial charge in [-0.2, -0.15) is 0 Å². The molecule has 4 rings (SSSR count). The summed E-state index contributed by atoms with van der Waals surface area (Å²) in [7, 11) is 5.59. The number of unbranched alkanes of at least 4 members (excludes halogenated alkanes) is 4. The number of carbonyl (C=O) groups excluding carboxylic acids is 8. The summed E-state index contributed by atoms with van der Waals surface area (Å²) in [6.45, 7) is 1.60. The second-order valence-electron chi connectivity index (χ2n) is 19.9. The normalized spacial score (nSPS) is 12.5. The quantitative estimate of drug-likeness (QED) is 0.0289. The molecular weight excluding hydrogens is 1040 g/mol. The number of ketones is 4. The topological polar surface area (TPSA) is 366 Å². The van der Waals surface area contributed by atoms with Crippen molar-refractivity contribution >= 4 is 46.8 Å².